The number of rotatable bonds is 4. The third-order valence-electron chi connectivity index (χ3n) is 2.89. The van der Waals surface area contributed by atoms with E-state index in [0.717, 1.165) is 15.7 Å². The molecule has 2 rings (SSSR count). The summed E-state index contributed by atoms with van der Waals surface area (Å²) in [5.41, 5.74) is 2.47. The van der Waals surface area contributed by atoms with Crippen molar-refractivity contribution in [1.29, 1.82) is 0 Å². The van der Waals surface area contributed by atoms with Crippen molar-refractivity contribution in [3.05, 3.63) is 52.3 Å². The number of benzene rings is 1. The van der Waals surface area contributed by atoms with Crippen LogP contribution < -0.4 is 10.1 Å². The van der Waals surface area contributed by atoms with Gasteiger partial charge in [-0.3, -0.25) is 9.78 Å². The number of aryl methyl sites for hydroxylation is 1. The highest BCUT2D eigenvalue weighted by atomic mass is 79.9. The maximum atomic E-state index is 12.1. The summed E-state index contributed by atoms with van der Waals surface area (Å²) in [6.45, 7) is 1.94. The number of carbonyl (C=O) groups excluding carboxylic acids is 1. The van der Waals surface area contributed by atoms with Gasteiger partial charge in [-0.05, 0) is 46.6 Å². The Balaban J connectivity index is 2.10. The third-order valence-corrected chi connectivity index (χ3v) is 3.58. The Labute approximate surface area is 126 Å². The van der Waals surface area contributed by atoms with Crippen LogP contribution in [0.2, 0.25) is 0 Å². The van der Waals surface area contributed by atoms with Crippen LogP contribution in [0.1, 0.15) is 11.3 Å². The quantitative estimate of drug-likeness (QED) is 0.932. The van der Waals surface area contributed by atoms with Crippen LogP contribution in [0.3, 0.4) is 0 Å². The topological polar surface area (TPSA) is 51.2 Å². The molecule has 0 saturated heterocycles. The van der Waals surface area contributed by atoms with Gasteiger partial charge >= 0.3 is 0 Å². The SMILES string of the molecule is COc1ccc(Br)c(NC(=O)Cc2ncccc2C)c1. The van der Waals surface area contributed by atoms with Crippen LogP contribution >= 0.6 is 15.9 Å². The van der Waals surface area contributed by atoms with Crippen LogP contribution in [0.15, 0.2) is 41.0 Å². The van der Waals surface area contributed by atoms with Crippen LogP contribution in [-0.4, -0.2) is 18.0 Å². The van der Waals surface area contributed by atoms with E-state index in [1.54, 1.807) is 19.4 Å². The van der Waals surface area contributed by atoms with E-state index in [4.69, 9.17) is 4.74 Å². The van der Waals surface area contributed by atoms with Gasteiger partial charge in [-0.1, -0.05) is 6.07 Å². The van der Waals surface area contributed by atoms with Crippen molar-refractivity contribution < 1.29 is 9.53 Å². The van der Waals surface area contributed by atoms with Crippen molar-refractivity contribution in [1.82, 2.24) is 4.98 Å². The number of halogens is 1. The van der Waals surface area contributed by atoms with Crippen molar-refractivity contribution in [2.45, 2.75) is 13.3 Å². The maximum absolute atomic E-state index is 12.1. The highest BCUT2D eigenvalue weighted by Crippen LogP contribution is 2.27. The van der Waals surface area contributed by atoms with Gasteiger partial charge in [0.05, 0.1) is 24.9 Å². The summed E-state index contributed by atoms with van der Waals surface area (Å²) in [5, 5.41) is 2.85. The van der Waals surface area contributed by atoms with Crippen LogP contribution in [0.25, 0.3) is 0 Å². The molecule has 1 aromatic carbocycles. The monoisotopic (exact) mass is 334 g/mol. The van der Waals surface area contributed by atoms with E-state index < -0.39 is 0 Å². The number of hydrogen-bond donors (Lipinski definition) is 1. The van der Waals surface area contributed by atoms with Gasteiger partial charge in [-0.25, -0.2) is 0 Å². The molecule has 2 aromatic rings. The molecule has 0 bridgehead atoms. The van der Waals surface area contributed by atoms with Crippen LogP contribution in [0.5, 0.6) is 5.75 Å². The predicted molar refractivity (Wildman–Crippen MR) is 82.0 cm³/mol. The van der Waals surface area contributed by atoms with E-state index in [9.17, 15) is 4.79 Å². The molecular weight excluding hydrogens is 320 g/mol. The number of hydrogen-bond acceptors (Lipinski definition) is 3. The summed E-state index contributed by atoms with van der Waals surface area (Å²) in [4.78, 5) is 16.3. The van der Waals surface area contributed by atoms with Crippen LogP contribution in [0, 0.1) is 6.92 Å². The lowest BCUT2D eigenvalue weighted by molar-refractivity contribution is -0.115. The summed E-state index contributed by atoms with van der Waals surface area (Å²) in [5.74, 6) is 0.582. The Morgan fingerprint density at radius 3 is 2.90 bits per heavy atom. The molecular formula is C15H15BrN2O2. The zero-order chi connectivity index (χ0) is 14.5. The number of amides is 1. The second-order valence-corrected chi connectivity index (χ2v) is 5.19. The lowest BCUT2D eigenvalue weighted by Gasteiger charge is -2.10. The molecule has 1 N–H and O–H groups in total. The van der Waals surface area contributed by atoms with Crippen molar-refractivity contribution in [3.63, 3.8) is 0 Å². The Hall–Kier alpha value is -1.88. The first kappa shape index (κ1) is 14.5. The Kier molecular flexibility index (Phi) is 4.74. The van der Waals surface area contributed by atoms with Gasteiger partial charge in [0.15, 0.2) is 0 Å². The van der Waals surface area contributed by atoms with Gasteiger partial charge in [-0.2, -0.15) is 0 Å². The highest BCUT2D eigenvalue weighted by Gasteiger charge is 2.10. The van der Waals surface area contributed by atoms with Gasteiger partial charge in [-0.15, -0.1) is 0 Å². The number of anilines is 1. The largest absolute Gasteiger partial charge is 0.497 e. The van der Waals surface area contributed by atoms with Gasteiger partial charge in [0, 0.05) is 16.7 Å². The normalized spacial score (nSPS) is 10.2. The summed E-state index contributed by atoms with van der Waals surface area (Å²) in [7, 11) is 1.59. The van der Waals surface area contributed by atoms with Crippen molar-refractivity contribution in [3.8, 4) is 5.75 Å². The molecule has 0 saturated carbocycles. The summed E-state index contributed by atoms with van der Waals surface area (Å²) in [6, 6.07) is 9.23. The number of nitrogens with one attached hydrogen (secondary N) is 1. The number of aromatic nitrogens is 1. The fraction of sp³-hybridized carbons (Fsp3) is 0.200. The van der Waals surface area contributed by atoms with E-state index in [-0.39, 0.29) is 12.3 Å². The Morgan fingerprint density at radius 1 is 1.40 bits per heavy atom. The molecule has 5 heteroatoms. The molecule has 1 heterocycles. The fourth-order valence-electron chi connectivity index (χ4n) is 1.78. The Morgan fingerprint density at radius 2 is 2.20 bits per heavy atom. The first-order chi connectivity index (χ1) is 9.60. The third kappa shape index (κ3) is 3.57. The average molecular weight is 335 g/mol. The highest BCUT2D eigenvalue weighted by molar-refractivity contribution is 9.10. The molecule has 0 fully saturated rings. The molecule has 1 aromatic heterocycles. The smallest absolute Gasteiger partial charge is 0.230 e. The molecule has 0 spiro atoms. The van der Waals surface area contributed by atoms with Gasteiger partial charge < -0.3 is 10.1 Å². The number of nitrogens with zero attached hydrogens (tertiary/aromatic N) is 1. The standard InChI is InChI=1S/C15H15BrN2O2/c1-10-4-3-7-17-13(10)9-15(19)18-14-8-11(20-2)5-6-12(14)16/h3-8H,9H2,1-2H3,(H,18,19). The minimum atomic E-state index is -0.110. The minimum Gasteiger partial charge on any atom is -0.497 e. The fourth-order valence-corrected chi connectivity index (χ4v) is 2.12. The lowest BCUT2D eigenvalue weighted by atomic mass is 10.1. The minimum absolute atomic E-state index is 0.110. The molecule has 1 amide bonds. The maximum Gasteiger partial charge on any atom is 0.230 e. The Bertz CT molecular complexity index is 629. The molecule has 20 heavy (non-hydrogen) atoms. The van der Waals surface area contributed by atoms with Crippen molar-refractivity contribution >= 4 is 27.5 Å². The molecule has 0 aliphatic carbocycles. The van der Waals surface area contributed by atoms with E-state index in [0.29, 0.717) is 11.4 Å². The van der Waals surface area contributed by atoms with E-state index >= 15 is 0 Å². The van der Waals surface area contributed by atoms with Crippen LogP contribution in [-0.2, 0) is 11.2 Å². The van der Waals surface area contributed by atoms with Crippen molar-refractivity contribution in [2.75, 3.05) is 12.4 Å². The molecule has 4 nitrogen and oxygen atoms in total. The van der Waals surface area contributed by atoms with E-state index in [1.165, 1.54) is 0 Å². The van der Waals surface area contributed by atoms with Gasteiger partial charge in [0.2, 0.25) is 5.91 Å². The first-order valence-electron chi connectivity index (χ1n) is 6.14. The second-order valence-electron chi connectivity index (χ2n) is 4.34. The molecule has 0 radical (unpaired) electrons. The predicted octanol–water partition coefficient (Wildman–Crippen LogP) is 3.34. The molecule has 0 aliphatic heterocycles. The molecule has 0 atom stereocenters. The summed E-state index contributed by atoms with van der Waals surface area (Å²) in [6.07, 6.45) is 1.94. The molecule has 0 aliphatic rings. The van der Waals surface area contributed by atoms with E-state index in [1.807, 2.05) is 31.2 Å². The zero-order valence-electron chi connectivity index (χ0n) is 11.3. The summed E-state index contributed by atoms with van der Waals surface area (Å²) < 4.78 is 5.95. The number of methoxy groups -OCH3 is 1. The van der Waals surface area contributed by atoms with Gasteiger partial charge in [0.1, 0.15) is 5.75 Å². The number of ether oxygens (including phenoxy) is 1. The van der Waals surface area contributed by atoms with E-state index in [2.05, 4.69) is 26.2 Å². The lowest BCUT2D eigenvalue weighted by Crippen LogP contribution is -2.16. The summed E-state index contributed by atoms with van der Waals surface area (Å²) >= 11 is 3.40. The zero-order valence-corrected chi connectivity index (χ0v) is 12.9. The molecule has 0 unspecified atom stereocenters. The van der Waals surface area contributed by atoms with Gasteiger partial charge in [0.25, 0.3) is 0 Å². The average Bonchev–Trinajstić information content (AvgIpc) is 2.44. The van der Waals surface area contributed by atoms with Crippen molar-refractivity contribution in [2.24, 2.45) is 0 Å². The van der Waals surface area contributed by atoms with Crippen LogP contribution in [0.4, 0.5) is 5.69 Å². The first-order valence-corrected chi connectivity index (χ1v) is 6.93. The number of carbonyl (C=O) groups is 1. The number of pyridine rings is 1. The molecule has 104 valence electrons. The second kappa shape index (κ2) is 6.52.